The molecule has 0 aliphatic carbocycles. The Morgan fingerprint density at radius 3 is 2.65 bits per heavy atom. The van der Waals surface area contributed by atoms with Crippen molar-refractivity contribution in [3.63, 3.8) is 0 Å². The standard InChI is InChI=1S/C11H16F3N5O/c1-6(7-3-2-4-20-7)16-8-5-9(19-15)18-10(17-8)11(12,13)14/h5-7H,2-4,15H2,1H3,(H2,16,17,18,19). The molecule has 0 spiro atoms. The Labute approximate surface area is 113 Å². The fourth-order valence-corrected chi connectivity index (χ4v) is 2.05. The van der Waals surface area contributed by atoms with Crippen LogP contribution in [0.25, 0.3) is 0 Å². The molecular formula is C11H16F3N5O. The molecule has 1 aliphatic heterocycles. The average molecular weight is 291 g/mol. The summed E-state index contributed by atoms with van der Waals surface area (Å²) in [6.07, 6.45) is -2.85. The fourth-order valence-electron chi connectivity index (χ4n) is 2.05. The predicted molar refractivity (Wildman–Crippen MR) is 66.9 cm³/mol. The summed E-state index contributed by atoms with van der Waals surface area (Å²) in [6.45, 7) is 2.50. The lowest BCUT2D eigenvalue weighted by Crippen LogP contribution is -2.31. The quantitative estimate of drug-likeness (QED) is 0.579. The number of rotatable bonds is 4. The van der Waals surface area contributed by atoms with Crippen LogP contribution in [-0.2, 0) is 10.9 Å². The van der Waals surface area contributed by atoms with Gasteiger partial charge in [0.15, 0.2) is 0 Å². The second-order valence-electron chi connectivity index (χ2n) is 4.59. The number of alkyl halides is 3. The van der Waals surface area contributed by atoms with Crippen molar-refractivity contribution >= 4 is 11.6 Å². The molecule has 0 saturated carbocycles. The molecule has 2 rings (SSSR count). The molecule has 0 amide bonds. The number of aromatic nitrogens is 2. The van der Waals surface area contributed by atoms with Gasteiger partial charge in [0.05, 0.1) is 12.1 Å². The second kappa shape index (κ2) is 5.80. The van der Waals surface area contributed by atoms with E-state index in [9.17, 15) is 13.2 Å². The first-order chi connectivity index (χ1) is 9.40. The largest absolute Gasteiger partial charge is 0.451 e. The molecule has 20 heavy (non-hydrogen) atoms. The van der Waals surface area contributed by atoms with Crippen LogP contribution in [0.15, 0.2) is 6.07 Å². The molecule has 6 nitrogen and oxygen atoms in total. The number of hydrogen-bond donors (Lipinski definition) is 3. The molecule has 1 fully saturated rings. The third-order valence-electron chi connectivity index (χ3n) is 3.03. The maximum absolute atomic E-state index is 12.7. The van der Waals surface area contributed by atoms with Crippen LogP contribution in [0.3, 0.4) is 0 Å². The zero-order chi connectivity index (χ0) is 14.8. The van der Waals surface area contributed by atoms with E-state index in [1.165, 1.54) is 6.07 Å². The number of nitrogens with two attached hydrogens (primary N) is 1. The molecule has 2 atom stereocenters. The first-order valence-corrected chi connectivity index (χ1v) is 6.21. The lowest BCUT2D eigenvalue weighted by atomic mass is 10.1. The Morgan fingerprint density at radius 2 is 2.10 bits per heavy atom. The lowest BCUT2D eigenvalue weighted by molar-refractivity contribution is -0.144. The van der Waals surface area contributed by atoms with Crippen LogP contribution >= 0.6 is 0 Å². The Balaban J connectivity index is 2.17. The van der Waals surface area contributed by atoms with Gasteiger partial charge >= 0.3 is 6.18 Å². The molecule has 1 aromatic heterocycles. The summed E-state index contributed by atoms with van der Waals surface area (Å²) in [5.74, 6) is 3.84. The zero-order valence-corrected chi connectivity index (χ0v) is 10.9. The third-order valence-corrected chi connectivity index (χ3v) is 3.03. The van der Waals surface area contributed by atoms with Gasteiger partial charge in [0.25, 0.3) is 0 Å². The van der Waals surface area contributed by atoms with Crippen LogP contribution in [0.5, 0.6) is 0 Å². The summed E-state index contributed by atoms with van der Waals surface area (Å²) in [5, 5.41) is 2.90. The smallest absolute Gasteiger partial charge is 0.376 e. The van der Waals surface area contributed by atoms with Gasteiger partial charge in [-0.3, -0.25) is 0 Å². The maximum atomic E-state index is 12.7. The van der Waals surface area contributed by atoms with Crippen LogP contribution in [0.1, 0.15) is 25.6 Å². The summed E-state index contributed by atoms with van der Waals surface area (Å²) in [7, 11) is 0. The Bertz CT molecular complexity index is 462. The van der Waals surface area contributed by atoms with Gasteiger partial charge in [0, 0.05) is 12.7 Å². The highest BCUT2D eigenvalue weighted by Gasteiger charge is 2.35. The van der Waals surface area contributed by atoms with Gasteiger partial charge in [-0.1, -0.05) is 0 Å². The number of hydrogen-bond acceptors (Lipinski definition) is 6. The molecule has 112 valence electrons. The van der Waals surface area contributed by atoms with Crippen molar-refractivity contribution in [1.82, 2.24) is 9.97 Å². The van der Waals surface area contributed by atoms with Crippen LogP contribution in [0, 0.1) is 0 Å². The van der Waals surface area contributed by atoms with Gasteiger partial charge in [-0.15, -0.1) is 0 Å². The van der Waals surface area contributed by atoms with Gasteiger partial charge in [0.1, 0.15) is 11.6 Å². The van der Waals surface area contributed by atoms with Gasteiger partial charge in [-0.05, 0) is 19.8 Å². The minimum atomic E-state index is -4.63. The van der Waals surface area contributed by atoms with Crippen molar-refractivity contribution in [3.05, 3.63) is 11.9 Å². The van der Waals surface area contributed by atoms with Crippen LogP contribution in [-0.4, -0.2) is 28.7 Å². The van der Waals surface area contributed by atoms with E-state index in [4.69, 9.17) is 10.6 Å². The average Bonchev–Trinajstić information content (AvgIpc) is 2.91. The second-order valence-corrected chi connectivity index (χ2v) is 4.59. The molecule has 1 aliphatic rings. The molecule has 0 aromatic carbocycles. The zero-order valence-electron chi connectivity index (χ0n) is 10.9. The van der Waals surface area contributed by atoms with Crippen molar-refractivity contribution in [2.45, 2.75) is 38.1 Å². The monoisotopic (exact) mass is 291 g/mol. The minimum absolute atomic E-state index is 0.0337. The molecule has 0 bridgehead atoms. The van der Waals surface area contributed by atoms with Gasteiger partial charge < -0.3 is 15.5 Å². The minimum Gasteiger partial charge on any atom is -0.376 e. The van der Waals surface area contributed by atoms with Crippen LogP contribution in [0.4, 0.5) is 24.8 Å². The molecule has 1 saturated heterocycles. The normalized spacial score (nSPS) is 20.8. The van der Waals surface area contributed by atoms with E-state index in [0.29, 0.717) is 6.61 Å². The summed E-state index contributed by atoms with van der Waals surface area (Å²) in [5.41, 5.74) is 2.10. The van der Waals surface area contributed by atoms with E-state index in [2.05, 4.69) is 20.7 Å². The molecule has 0 radical (unpaired) electrons. The summed E-state index contributed by atoms with van der Waals surface area (Å²) in [4.78, 5) is 6.75. The van der Waals surface area contributed by atoms with Crippen LogP contribution < -0.4 is 16.6 Å². The van der Waals surface area contributed by atoms with E-state index in [-0.39, 0.29) is 23.8 Å². The number of nitrogens with zero attached hydrogens (tertiary/aromatic N) is 2. The summed E-state index contributed by atoms with van der Waals surface area (Å²) < 4.78 is 43.5. The molecule has 4 N–H and O–H groups in total. The van der Waals surface area contributed by atoms with E-state index < -0.39 is 12.0 Å². The van der Waals surface area contributed by atoms with E-state index in [1.54, 1.807) is 0 Å². The van der Waals surface area contributed by atoms with Crippen molar-refractivity contribution in [1.29, 1.82) is 0 Å². The van der Waals surface area contributed by atoms with Gasteiger partial charge in [0.2, 0.25) is 5.82 Å². The third kappa shape index (κ3) is 3.48. The fraction of sp³-hybridized carbons (Fsp3) is 0.636. The molecule has 1 aromatic rings. The van der Waals surface area contributed by atoms with Gasteiger partial charge in [-0.25, -0.2) is 15.8 Å². The molecule has 2 unspecified atom stereocenters. The highest BCUT2D eigenvalue weighted by Crippen LogP contribution is 2.28. The van der Waals surface area contributed by atoms with Crippen molar-refractivity contribution in [3.8, 4) is 0 Å². The number of nitrogen functional groups attached to an aromatic ring is 1. The molecular weight excluding hydrogens is 275 g/mol. The number of halogens is 3. The predicted octanol–water partition coefficient (Wildman–Crippen LogP) is 1.76. The number of hydrazine groups is 1. The first-order valence-electron chi connectivity index (χ1n) is 6.21. The Hall–Kier alpha value is -1.61. The SMILES string of the molecule is CC(Nc1cc(NN)nc(C(F)(F)F)n1)C1CCCO1. The number of anilines is 2. The molecule has 2 heterocycles. The topological polar surface area (TPSA) is 85.1 Å². The van der Waals surface area contributed by atoms with Crippen molar-refractivity contribution in [2.24, 2.45) is 5.84 Å². The summed E-state index contributed by atoms with van der Waals surface area (Å²) in [6, 6.07) is 1.17. The lowest BCUT2D eigenvalue weighted by Gasteiger charge is -2.21. The van der Waals surface area contributed by atoms with Crippen LogP contribution in [0.2, 0.25) is 0 Å². The molecule has 9 heteroatoms. The first kappa shape index (κ1) is 14.8. The highest BCUT2D eigenvalue weighted by molar-refractivity contribution is 5.47. The van der Waals surface area contributed by atoms with Crippen molar-refractivity contribution < 1.29 is 17.9 Å². The van der Waals surface area contributed by atoms with E-state index in [0.717, 1.165) is 12.8 Å². The number of nitrogens with one attached hydrogen (secondary N) is 2. The van der Waals surface area contributed by atoms with E-state index in [1.807, 2.05) is 6.92 Å². The Kier molecular flexibility index (Phi) is 4.29. The Morgan fingerprint density at radius 1 is 1.40 bits per heavy atom. The highest BCUT2D eigenvalue weighted by atomic mass is 19.4. The number of ether oxygens (including phenoxy) is 1. The van der Waals surface area contributed by atoms with Gasteiger partial charge in [-0.2, -0.15) is 13.2 Å². The van der Waals surface area contributed by atoms with E-state index >= 15 is 0 Å². The maximum Gasteiger partial charge on any atom is 0.451 e. The van der Waals surface area contributed by atoms with Crippen molar-refractivity contribution in [2.75, 3.05) is 17.3 Å². The summed E-state index contributed by atoms with van der Waals surface area (Å²) >= 11 is 0.